The first-order valence-corrected chi connectivity index (χ1v) is 10.5. The van der Waals surface area contributed by atoms with Gasteiger partial charge in [0.05, 0.1) is 13.2 Å². The Morgan fingerprint density at radius 2 is 2.10 bits per heavy atom. The van der Waals surface area contributed by atoms with Gasteiger partial charge in [-0.05, 0) is 55.7 Å². The number of nitrogens with zero attached hydrogens (tertiary/aromatic N) is 5. The number of sulfonamides is 1. The molecule has 0 saturated heterocycles. The topological polar surface area (TPSA) is 119 Å². The van der Waals surface area contributed by atoms with Crippen LogP contribution in [0.2, 0.25) is 0 Å². The molecule has 0 spiro atoms. The molecule has 9 nitrogen and oxygen atoms in total. The lowest BCUT2D eigenvalue weighted by Gasteiger charge is -2.19. The van der Waals surface area contributed by atoms with E-state index in [4.69, 9.17) is 16.1 Å². The second-order valence-corrected chi connectivity index (χ2v) is 8.30. The summed E-state index contributed by atoms with van der Waals surface area (Å²) < 4.78 is 89.2. The van der Waals surface area contributed by atoms with Gasteiger partial charge in [0.2, 0.25) is 16.0 Å². The predicted octanol–water partition coefficient (Wildman–Crippen LogP) is 3.14. The summed E-state index contributed by atoms with van der Waals surface area (Å²) in [7, 11) is -2.58. The van der Waals surface area contributed by atoms with Crippen LogP contribution in [0.1, 0.15) is 22.2 Å². The van der Waals surface area contributed by atoms with Crippen molar-refractivity contribution in [3.63, 3.8) is 0 Å². The molecule has 160 valence electrons. The van der Waals surface area contributed by atoms with E-state index in [9.17, 15) is 8.42 Å². The minimum Gasteiger partial charge on any atom is -0.329 e. The van der Waals surface area contributed by atoms with E-state index in [0.717, 1.165) is 4.90 Å². The SMILES string of the molecule is [2H]c1nc(Nc2ccc(C)c(S(N)(=O)=O)c2)nc(N(c2ccc3c(C([2H])([2H])[2H])n(C)nc3c2)C([2H])([2H])[2H])c1[2H]. The average molecular weight is 446 g/mol. The van der Waals surface area contributed by atoms with Crippen molar-refractivity contribution in [1.82, 2.24) is 19.7 Å². The minimum atomic E-state index is -4.04. The number of fused-ring (bicyclic) bond motifs is 1. The Morgan fingerprint density at radius 3 is 2.84 bits per heavy atom. The monoisotopic (exact) mass is 445 g/mol. The summed E-state index contributed by atoms with van der Waals surface area (Å²) in [5, 5.41) is 12.5. The molecule has 0 atom stereocenters. The van der Waals surface area contributed by atoms with Gasteiger partial charge in [0.1, 0.15) is 5.82 Å². The Hall–Kier alpha value is -3.50. The van der Waals surface area contributed by atoms with Crippen molar-refractivity contribution >= 4 is 44.1 Å². The molecule has 0 fully saturated rings. The number of aromatic nitrogens is 4. The van der Waals surface area contributed by atoms with Crippen molar-refractivity contribution in [3.8, 4) is 0 Å². The molecule has 0 radical (unpaired) electrons. The lowest BCUT2D eigenvalue weighted by Crippen LogP contribution is -2.14. The smallest absolute Gasteiger partial charge is 0.238 e. The second kappa shape index (κ2) is 7.64. The third-order valence-electron chi connectivity index (χ3n) is 4.58. The van der Waals surface area contributed by atoms with Crippen molar-refractivity contribution in [2.45, 2.75) is 18.7 Å². The fourth-order valence-electron chi connectivity index (χ4n) is 3.01. The fourth-order valence-corrected chi connectivity index (χ4v) is 3.82. The predicted molar refractivity (Wildman–Crippen MR) is 121 cm³/mol. The summed E-state index contributed by atoms with van der Waals surface area (Å²) in [6.07, 6.45) is -0.598. The van der Waals surface area contributed by atoms with Gasteiger partial charge in [0.15, 0.2) is 0 Å². The van der Waals surface area contributed by atoms with Gasteiger partial charge in [-0.15, -0.1) is 0 Å². The van der Waals surface area contributed by atoms with Crippen LogP contribution in [0.25, 0.3) is 10.9 Å². The van der Waals surface area contributed by atoms with Crippen LogP contribution in [0.3, 0.4) is 0 Å². The molecular weight excluding hydrogens is 414 g/mol. The van der Waals surface area contributed by atoms with E-state index < -0.39 is 41.9 Å². The Balaban J connectivity index is 1.84. The Morgan fingerprint density at radius 1 is 1.26 bits per heavy atom. The molecule has 0 aliphatic carbocycles. The van der Waals surface area contributed by atoms with Crippen LogP contribution in [-0.4, -0.2) is 35.1 Å². The maximum atomic E-state index is 11.9. The highest BCUT2D eigenvalue weighted by molar-refractivity contribution is 7.89. The van der Waals surface area contributed by atoms with Crippen molar-refractivity contribution in [3.05, 3.63) is 59.9 Å². The molecule has 2 aromatic heterocycles. The molecule has 0 saturated carbocycles. The quantitative estimate of drug-likeness (QED) is 0.484. The van der Waals surface area contributed by atoms with E-state index in [2.05, 4.69) is 20.4 Å². The third kappa shape index (κ3) is 4.07. The molecule has 3 N–H and O–H groups in total. The molecule has 4 aromatic rings. The van der Waals surface area contributed by atoms with Crippen LogP contribution in [-0.2, 0) is 17.1 Å². The maximum Gasteiger partial charge on any atom is 0.238 e. The maximum absolute atomic E-state index is 11.9. The average Bonchev–Trinajstić information content (AvgIpc) is 3.12. The number of aryl methyl sites for hydroxylation is 3. The van der Waals surface area contributed by atoms with E-state index in [1.807, 2.05) is 0 Å². The molecule has 2 aromatic carbocycles. The van der Waals surface area contributed by atoms with Crippen LogP contribution >= 0.6 is 0 Å². The molecule has 4 rings (SSSR count). The first kappa shape index (κ1) is 13.0. The number of anilines is 4. The highest BCUT2D eigenvalue weighted by Crippen LogP contribution is 2.28. The van der Waals surface area contributed by atoms with E-state index in [1.165, 1.54) is 48.1 Å². The van der Waals surface area contributed by atoms with Gasteiger partial charge in [-0.2, -0.15) is 10.1 Å². The van der Waals surface area contributed by atoms with Gasteiger partial charge in [-0.3, -0.25) is 4.68 Å². The molecule has 0 aliphatic heterocycles. The highest BCUT2D eigenvalue weighted by Gasteiger charge is 2.14. The molecule has 0 unspecified atom stereocenters. The van der Waals surface area contributed by atoms with Crippen LogP contribution in [0, 0.1) is 13.8 Å². The van der Waals surface area contributed by atoms with E-state index in [0.29, 0.717) is 10.9 Å². The molecule has 0 amide bonds. The van der Waals surface area contributed by atoms with Gasteiger partial charge in [-0.1, -0.05) is 6.07 Å². The molecule has 0 aliphatic rings. The summed E-state index contributed by atoms with van der Waals surface area (Å²) >= 11 is 0. The molecule has 31 heavy (non-hydrogen) atoms. The van der Waals surface area contributed by atoms with Crippen LogP contribution in [0.4, 0.5) is 23.1 Å². The fraction of sp³-hybridized carbons (Fsp3) is 0.190. The van der Waals surface area contributed by atoms with Crippen molar-refractivity contribution in [2.75, 3.05) is 17.2 Å². The van der Waals surface area contributed by atoms with Gasteiger partial charge in [0, 0.05) is 50.9 Å². The number of rotatable bonds is 5. The van der Waals surface area contributed by atoms with Gasteiger partial charge < -0.3 is 10.2 Å². The minimum absolute atomic E-state index is 0.0158. The van der Waals surface area contributed by atoms with E-state index >= 15 is 0 Å². The second-order valence-electron chi connectivity index (χ2n) is 6.77. The summed E-state index contributed by atoms with van der Waals surface area (Å²) in [6, 6.07) is 7.80. The zero-order chi connectivity index (χ0) is 29.1. The standard InChI is InChI=1S/C21H23N7O2S/c1-13-5-6-15(11-19(13)31(22,29)30)24-21-23-10-9-20(25-21)27(3)16-7-8-17-14(2)28(4)26-18(17)12-16/h5-12H,1-4H3,(H2,22,29,30)(H,23,24,25)/i2D3,3D3,9D,10D. The Labute approximate surface area is 191 Å². The lowest BCUT2D eigenvalue weighted by molar-refractivity contribution is 0.597. The van der Waals surface area contributed by atoms with Gasteiger partial charge >= 0.3 is 0 Å². The number of nitrogens with two attached hydrogens (primary N) is 1. The molecular formula is C21H23N7O2S. The Bertz CT molecular complexity index is 1700. The zero-order valence-electron chi connectivity index (χ0n) is 24.5. The summed E-state index contributed by atoms with van der Waals surface area (Å²) in [5.41, 5.74) is 0.787. The van der Waals surface area contributed by atoms with E-state index in [1.54, 1.807) is 6.92 Å². The first-order valence-electron chi connectivity index (χ1n) is 12.9. The molecule has 0 bridgehead atoms. The van der Waals surface area contributed by atoms with Crippen LogP contribution in [0.5, 0.6) is 0 Å². The van der Waals surface area contributed by atoms with Crippen LogP contribution in [0.15, 0.2) is 53.5 Å². The number of primary sulfonamides is 1. The summed E-state index contributed by atoms with van der Waals surface area (Å²) in [6.45, 7) is -3.80. The van der Waals surface area contributed by atoms with Crippen LogP contribution < -0.4 is 15.4 Å². The van der Waals surface area contributed by atoms with Gasteiger partial charge in [0.25, 0.3) is 0 Å². The normalized spacial score (nSPS) is 16.2. The highest BCUT2D eigenvalue weighted by atomic mass is 32.2. The van der Waals surface area contributed by atoms with Crippen molar-refractivity contribution in [2.24, 2.45) is 12.2 Å². The van der Waals surface area contributed by atoms with E-state index in [-0.39, 0.29) is 33.4 Å². The molecule has 10 heteroatoms. The number of hydrogen-bond acceptors (Lipinski definition) is 7. The lowest BCUT2D eigenvalue weighted by atomic mass is 10.2. The summed E-state index contributed by atoms with van der Waals surface area (Å²) in [5.74, 6) is -0.712. The summed E-state index contributed by atoms with van der Waals surface area (Å²) in [4.78, 5) is 8.64. The third-order valence-corrected chi connectivity index (χ3v) is 5.63. The number of nitrogens with one attached hydrogen (secondary N) is 1. The molecule has 2 heterocycles. The van der Waals surface area contributed by atoms with Crippen molar-refractivity contribution in [1.29, 1.82) is 0 Å². The van der Waals surface area contributed by atoms with Crippen molar-refractivity contribution < 1.29 is 19.4 Å². The largest absolute Gasteiger partial charge is 0.329 e. The number of hydrogen-bond donors (Lipinski definition) is 2. The zero-order valence-corrected chi connectivity index (χ0v) is 17.3. The van der Waals surface area contributed by atoms with Gasteiger partial charge in [-0.25, -0.2) is 18.5 Å². The first-order chi connectivity index (χ1) is 17.9. The number of benzene rings is 2. The Kier molecular flexibility index (Phi) is 3.21.